The fourth-order valence-corrected chi connectivity index (χ4v) is 5.82. The fourth-order valence-electron chi connectivity index (χ4n) is 5.57. The molecular weight excluding hydrogens is 519 g/mol. The molecule has 39 heavy (non-hydrogen) atoms. The number of halogens is 2. The third kappa shape index (κ3) is 4.57. The molecule has 2 aromatic carbocycles. The quantitative estimate of drug-likeness (QED) is 0.495. The van der Waals surface area contributed by atoms with E-state index in [0.29, 0.717) is 36.9 Å². The molecule has 3 aliphatic heterocycles. The molecule has 202 valence electrons. The minimum Gasteiger partial charge on any atom is -0.371 e. The lowest BCUT2D eigenvalue weighted by Crippen LogP contribution is -2.51. The molecule has 0 atom stereocenters. The summed E-state index contributed by atoms with van der Waals surface area (Å²) in [5.41, 5.74) is 3.50. The predicted molar refractivity (Wildman–Crippen MR) is 153 cm³/mol. The Balaban J connectivity index is 1.25. The van der Waals surface area contributed by atoms with Gasteiger partial charge in [-0.25, -0.2) is 14.3 Å². The molecule has 0 aliphatic carbocycles. The Morgan fingerprint density at radius 2 is 1.92 bits per heavy atom. The first-order valence-corrected chi connectivity index (χ1v) is 13.5. The van der Waals surface area contributed by atoms with Crippen LogP contribution in [0, 0.1) is 12.7 Å². The Bertz CT molecular complexity index is 1450. The standard InChI is InChI=1S/C28H30ClFN8O/c1-17-15-18(7-8-23(17)36-12-9-19(10-13-36)35(2)3)33-27-32-16-20-25(34-27)37-14-11-31-28(37)38(26(20)39)24-21(29)5-4-6-22(24)30/h4-8,15-16,19H,9-14H2,1-3H3,(H,32,33,34). The lowest BCUT2D eigenvalue weighted by atomic mass is 10.0. The van der Waals surface area contributed by atoms with Crippen LogP contribution in [0.15, 0.2) is 47.6 Å². The minimum atomic E-state index is -0.603. The number of rotatable bonds is 5. The van der Waals surface area contributed by atoms with Crippen LogP contribution in [-0.2, 0) is 0 Å². The highest BCUT2D eigenvalue weighted by Gasteiger charge is 2.41. The zero-order valence-corrected chi connectivity index (χ0v) is 22.9. The molecule has 1 N–H and O–H groups in total. The highest BCUT2D eigenvalue weighted by atomic mass is 35.5. The van der Waals surface area contributed by atoms with Crippen molar-refractivity contribution in [3.05, 3.63) is 64.6 Å². The number of carbonyl (C=O) groups is 1. The van der Waals surface area contributed by atoms with Crippen LogP contribution in [0.1, 0.15) is 28.8 Å². The van der Waals surface area contributed by atoms with Gasteiger partial charge in [-0.3, -0.25) is 14.7 Å². The number of carbonyl (C=O) groups excluding carboxylic acids is 1. The number of aryl methyl sites for hydroxylation is 1. The van der Waals surface area contributed by atoms with Crippen molar-refractivity contribution in [1.29, 1.82) is 0 Å². The van der Waals surface area contributed by atoms with Gasteiger partial charge in [0.15, 0.2) is 5.82 Å². The molecule has 1 aromatic heterocycles. The second-order valence-electron chi connectivity index (χ2n) is 10.3. The van der Waals surface area contributed by atoms with Crippen LogP contribution in [0.5, 0.6) is 0 Å². The highest BCUT2D eigenvalue weighted by molar-refractivity contribution is 6.38. The van der Waals surface area contributed by atoms with Crippen LogP contribution >= 0.6 is 11.6 Å². The molecule has 1 fully saturated rings. The highest BCUT2D eigenvalue weighted by Crippen LogP contribution is 2.37. The molecule has 3 aromatic rings. The van der Waals surface area contributed by atoms with E-state index in [1.807, 2.05) is 6.07 Å². The van der Waals surface area contributed by atoms with Gasteiger partial charge in [0.05, 0.1) is 11.6 Å². The number of hydrogen-bond acceptors (Lipinski definition) is 8. The van der Waals surface area contributed by atoms with Crippen LogP contribution in [0.25, 0.3) is 0 Å². The summed E-state index contributed by atoms with van der Waals surface area (Å²) < 4.78 is 14.8. The van der Waals surface area contributed by atoms with E-state index in [1.54, 1.807) is 11.0 Å². The number of amides is 1. The first-order chi connectivity index (χ1) is 18.8. The van der Waals surface area contributed by atoms with Gasteiger partial charge in [-0.1, -0.05) is 17.7 Å². The molecule has 6 rings (SSSR count). The average molecular weight is 549 g/mol. The van der Waals surface area contributed by atoms with E-state index < -0.39 is 11.7 Å². The summed E-state index contributed by atoms with van der Waals surface area (Å²) in [4.78, 5) is 34.9. The van der Waals surface area contributed by atoms with Crippen molar-refractivity contribution in [3.63, 3.8) is 0 Å². The monoisotopic (exact) mass is 548 g/mol. The Labute approximate surface area is 231 Å². The number of nitrogens with zero attached hydrogens (tertiary/aromatic N) is 7. The van der Waals surface area contributed by atoms with E-state index in [2.05, 4.69) is 63.2 Å². The van der Waals surface area contributed by atoms with Crippen molar-refractivity contribution >= 4 is 52.3 Å². The van der Waals surface area contributed by atoms with E-state index in [-0.39, 0.29) is 16.3 Å². The molecule has 0 saturated carbocycles. The SMILES string of the molecule is Cc1cc(Nc2ncc3c(n2)N2CCN=C2N(c2c(F)cccc2Cl)C3=O)ccc1N1CCC(N(C)C)CC1. The van der Waals surface area contributed by atoms with Crippen LogP contribution in [-0.4, -0.2) is 73.1 Å². The Morgan fingerprint density at radius 3 is 2.64 bits per heavy atom. The zero-order chi connectivity index (χ0) is 27.3. The van der Waals surface area contributed by atoms with Crippen molar-refractivity contribution in [3.8, 4) is 0 Å². The van der Waals surface area contributed by atoms with Crippen LogP contribution in [0.3, 0.4) is 0 Å². The molecule has 0 unspecified atom stereocenters. The summed E-state index contributed by atoms with van der Waals surface area (Å²) in [7, 11) is 4.30. The lowest BCUT2D eigenvalue weighted by Gasteiger charge is -2.37. The number of para-hydroxylation sites is 1. The average Bonchev–Trinajstić information content (AvgIpc) is 3.40. The van der Waals surface area contributed by atoms with Gasteiger partial charge < -0.3 is 15.1 Å². The summed E-state index contributed by atoms with van der Waals surface area (Å²) in [6.45, 7) is 5.14. The molecule has 9 nitrogen and oxygen atoms in total. The molecule has 0 radical (unpaired) electrons. The van der Waals surface area contributed by atoms with Gasteiger partial charge in [0.1, 0.15) is 17.1 Å². The van der Waals surface area contributed by atoms with E-state index in [1.165, 1.54) is 34.5 Å². The first-order valence-electron chi connectivity index (χ1n) is 13.1. The van der Waals surface area contributed by atoms with E-state index in [0.717, 1.165) is 31.6 Å². The van der Waals surface area contributed by atoms with Crippen molar-refractivity contribution in [2.45, 2.75) is 25.8 Å². The Kier molecular flexibility index (Phi) is 6.60. The molecule has 1 amide bonds. The topological polar surface area (TPSA) is 80.2 Å². The van der Waals surface area contributed by atoms with Crippen molar-refractivity contribution in [2.75, 3.05) is 60.3 Å². The molecule has 0 spiro atoms. The van der Waals surface area contributed by atoms with Gasteiger partial charge in [0, 0.05) is 43.2 Å². The number of aliphatic imine (C=N–C) groups is 1. The van der Waals surface area contributed by atoms with Crippen LogP contribution < -0.4 is 20.0 Å². The lowest BCUT2D eigenvalue weighted by molar-refractivity contribution is 0.0999. The van der Waals surface area contributed by atoms with Gasteiger partial charge >= 0.3 is 0 Å². The van der Waals surface area contributed by atoms with Crippen molar-refractivity contribution in [1.82, 2.24) is 14.9 Å². The summed E-state index contributed by atoms with van der Waals surface area (Å²) in [6.07, 6.45) is 3.77. The van der Waals surface area contributed by atoms with Gasteiger partial charge in [-0.05, 0) is 69.8 Å². The zero-order valence-electron chi connectivity index (χ0n) is 22.2. The van der Waals surface area contributed by atoms with Gasteiger partial charge in [0.25, 0.3) is 5.91 Å². The van der Waals surface area contributed by atoms with E-state index >= 15 is 0 Å². The summed E-state index contributed by atoms with van der Waals surface area (Å²) >= 11 is 6.30. The van der Waals surface area contributed by atoms with Crippen molar-refractivity contribution in [2.24, 2.45) is 4.99 Å². The fraction of sp³-hybridized carbons (Fsp3) is 0.357. The molecule has 3 aliphatic rings. The second kappa shape index (κ2) is 10.1. The third-order valence-corrected chi connectivity index (χ3v) is 7.93. The van der Waals surface area contributed by atoms with Gasteiger partial charge in [-0.15, -0.1) is 0 Å². The molecule has 0 bridgehead atoms. The number of piperidine rings is 1. The second-order valence-corrected chi connectivity index (χ2v) is 10.7. The smallest absolute Gasteiger partial charge is 0.270 e. The van der Waals surface area contributed by atoms with Gasteiger partial charge in [0.2, 0.25) is 11.9 Å². The first kappa shape index (κ1) is 25.5. The summed E-state index contributed by atoms with van der Waals surface area (Å²) in [5.74, 6) is 0.0358. The number of aromatic nitrogens is 2. The number of anilines is 5. The summed E-state index contributed by atoms with van der Waals surface area (Å²) in [6, 6.07) is 11.2. The van der Waals surface area contributed by atoms with Crippen LogP contribution in [0.2, 0.25) is 5.02 Å². The molecule has 4 heterocycles. The predicted octanol–water partition coefficient (Wildman–Crippen LogP) is 4.69. The number of hydrogen-bond donors (Lipinski definition) is 1. The van der Waals surface area contributed by atoms with Crippen molar-refractivity contribution < 1.29 is 9.18 Å². The third-order valence-electron chi connectivity index (χ3n) is 7.63. The van der Waals surface area contributed by atoms with Gasteiger partial charge in [-0.2, -0.15) is 4.98 Å². The molecule has 11 heteroatoms. The largest absolute Gasteiger partial charge is 0.371 e. The number of nitrogens with one attached hydrogen (secondary N) is 1. The number of guanidine groups is 1. The van der Waals surface area contributed by atoms with E-state index in [9.17, 15) is 9.18 Å². The maximum absolute atomic E-state index is 14.8. The maximum atomic E-state index is 14.8. The number of fused-ring (bicyclic) bond motifs is 3. The van der Waals surface area contributed by atoms with E-state index in [4.69, 9.17) is 11.6 Å². The Hall–Kier alpha value is -3.76. The Morgan fingerprint density at radius 1 is 1.13 bits per heavy atom. The normalized spacial score (nSPS) is 17.4. The molecular formula is C28H30ClFN8O. The maximum Gasteiger partial charge on any atom is 0.270 e. The van der Waals surface area contributed by atoms with Crippen LogP contribution in [0.4, 0.5) is 33.2 Å². The minimum absolute atomic E-state index is 0.0239. The molecule has 1 saturated heterocycles. The number of benzene rings is 2. The summed E-state index contributed by atoms with van der Waals surface area (Å²) in [5, 5.41) is 3.41.